The van der Waals surface area contributed by atoms with E-state index in [2.05, 4.69) is 6.92 Å². The quantitative estimate of drug-likeness (QED) is 0.667. The molecule has 0 radical (unpaired) electrons. The van der Waals surface area contributed by atoms with Crippen molar-refractivity contribution in [2.75, 3.05) is 0 Å². The molecule has 1 fully saturated rings. The molecule has 1 rings (SSSR count). The van der Waals surface area contributed by atoms with Gasteiger partial charge in [0.2, 0.25) is 0 Å². The van der Waals surface area contributed by atoms with E-state index in [1.807, 2.05) is 0 Å². The summed E-state index contributed by atoms with van der Waals surface area (Å²) in [6.07, 6.45) is 14.3. The van der Waals surface area contributed by atoms with Crippen molar-refractivity contribution < 1.29 is 5.11 Å². The number of hydrogen-bond acceptors (Lipinski definition) is 1. The summed E-state index contributed by atoms with van der Waals surface area (Å²) < 4.78 is 0. The SMILES string of the molecule is CCCCC(O)CCCC1CCCCC1. The Labute approximate surface area is 95.3 Å². The molecule has 1 N–H and O–H groups in total. The highest BCUT2D eigenvalue weighted by Gasteiger charge is 2.13. The number of hydrogen-bond donors (Lipinski definition) is 1. The Hall–Kier alpha value is -0.0400. The van der Waals surface area contributed by atoms with Crippen LogP contribution in [-0.2, 0) is 0 Å². The van der Waals surface area contributed by atoms with Gasteiger partial charge in [-0.25, -0.2) is 0 Å². The fourth-order valence-electron chi connectivity index (χ4n) is 2.70. The van der Waals surface area contributed by atoms with Crippen molar-refractivity contribution in [3.05, 3.63) is 0 Å². The van der Waals surface area contributed by atoms with Gasteiger partial charge >= 0.3 is 0 Å². The molecule has 1 saturated carbocycles. The van der Waals surface area contributed by atoms with Crippen LogP contribution in [0.3, 0.4) is 0 Å². The Morgan fingerprint density at radius 2 is 1.73 bits per heavy atom. The molecule has 0 saturated heterocycles. The van der Waals surface area contributed by atoms with Crippen LogP contribution >= 0.6 is 0 Å². The van der Waals surface area contributed by atoms with Gasteiger partial charge in [-0.05, 0) is 18.8 Å². The highest BCUT2D eigenvalue weighted by Crippen LogP contribution is 2.28. The van der Waals surface area contributed by atoms with Crippen molar-refractivity contribution >= 4 is 0 Å². The monoisotopic (exact) mass is 212 g/mol. The minimum atomic E-state index is -0.0199. The molecule has 90 valence electrons. The lowest BCUT2D eigenvalue weighted by Gasteiger charge is -2.21. The van der Waals surface area contributed by atoms with E-state index in [1.54, 1.807) is 0 Å². The van der Waals surface area contributed by atoms with E-state index in [0.29, 0.717) is 0 Å². The van der Waals surface area contributed by atoms with E-state index in [9.17, 15) is 5.11 Å². The zero-order valence-corrected chi connectivity index (χ0v) is 10.4. The van der Waals surface area contributed by atoms with E-state index in [-0.39, 0.29) is 6.10 Å². The van der Waals surface area contributed by atoms with Crippen molar-refractivity contribution in [1.82, 2.24) is 0 Å². The van der Waals surface area contributed by atoms with Crippen LogP contribution in [0.4, 0.5) is 0 Å². The third kappa shape index (κ3) is 6.19. The Balaban J connectivity index is 1.94. The van der Waals surface area contributed by atoms with Crippen molar-refractivity contribution in [3.8, 4) is 0 Å². The second kappa shape index (κ2) is 8.15. The fraction of sp³-hybridized carbons (Fsp3) is 1.00. The van der Waals surface area contributed by atoms with Gasteiger partial charge in [-0.2, -0.15) is 0 Å². The van der Waals surface area contributed by atoms with Gasteiger partial charge in [0.05, 0.1) is 6.10 Å². The standard InChI is InChI=1S/C14H28O/c1-2-3-11-14(15)12-7-10-13-8-5-4-6-9-13/h13-15H,2-12H2,1H3. The average molecular weight is 212 g/mol. The van der Waals surface area contributed by atoms with Crippen LogP contribution in [0, 0.1) is 5.92 Å². The van der Waals surface area contributed by atoms with Gasteiger partial charge in [0.25, 0.3) is 0 Å². The van der Waals surface area contributed by atoms with E-state index in [1.165, 1.54) is 57.8 Å². The summed E-state index contributed by atoms with van der Waals surface area (Å²) in [7, 11) is 0. The lowest BCUT2D eigenvalue weighted by atomic mass is 9.85. The van der Waals surface area contributed by atoms with E-state index >= 15 is 0 Å². The molecule has 1 nitrogen and oxygen atoms in total. The predicted molar refractivity (Wildman–Crippen MR) is 66.0 cm³/mol. The molecular weight excluding hydrogens is 184 g/mol. The molecule has 0 bridgehead atoms. The largest absolute Gasteiger partial charge is 0.393 e. The first kappa shape index (κ1) is 13.0. The second-order valence-corrected chi connectivity index (χ2v) is 5.23. The Kier molecular flexibility index (Phi) is 7.08. The number of aliphatic hydroxyl groups excluding tert-OH is 1. The summed E-state index contributed by atoms with van der Waals surface area (Å²) >= 11 is 0. The molecule has 1 heteroatoms. The van der Waals surface area contributed by atoms with E-state index in [4.69, 9.17) is 0 Å². The zero-order valence-electron chi connectivity index (χ0n) is 10.4. The first-order chi connectivity index (χ1) is 7.33. The predicted octanol–water partition coefficient (Wildman–Crippen LogP) is 4.29. The summed E-state index contributed by atoms with van der Waals surface area (Å²) in [6, 6.07) is 0. The van der Waals surface area contributed by atoms with Crippen LogP contribution in [0.1, 0.15) is 77.6 Å². The maximum Gasteiger partial charge on any atom is 0.0540 e. The second-order valence-electron chi connectivity index (χ2n) is 5.23. The highest BCUT2D eigenvalue weighted by atomic mass is 16.3. The van der Waals surface area contributed by atoms with Gasteiger partial charge in [0.1, 0.15) is 0 Å². The molecule has 15 heavy (non-hydrogen) atoms. The van der Waals surface area contributed by atoms with Crippen molar-refractivity contribution in [2.45, 2.75) is 83.7 Å². The van der Waals surface area contributed by atoms with Crippen molar-refractivity contribution in [2.24, 2.45) is 5.92 Å². The maximum atomic E-state index is 9.71. The average Bonchev–Trinajstić information content (AvgIpc) is 2.28. The minimum Gasteiger partial charge on any atom is -0.393 e. The van der Waals surface area contributed by atoms with Crippen molar-refractivity contribution in [1.29, 1.82) is 0 Å². The molecule has 0 aliphatic heterocycles. The van der Waals surface area contributed by atoms with Gasteiger partial charge in [-0.15, -0.1) is 0 Å². The molecule has 0 aromatic rings. The number of rotatable bonds is 7. The lowest BCUT2D eigenvalue weighted by molar-refractivity contribution is 0.144. The maximum absolute atomic E-state index is 9.71. The smallest absolute Gasteiger partial charge is 0.0540 e. The summed E-state index contributed by atoms with van der Waals surface area (Å²) in [5, 5.41) is 9.71. The van der Waals surface area contributed by atoms with Gasteiger partial charge in [-0.1, -0.05) is 64.7 Å². The Morgan fingerprint density at radius 3 is 2.40 bits per heavy atom. The normalized spacial score (nSPS) is 20.4. The van der Waals surface area contributed by atoms with Crippen LogP contribution < -0.4 is 0 Å². The molecule has 1 unspecified atom stereocenters. The molecule has 0 spiro atoms. The first-order valence-corrected chi connectivity index (χ1v) is 7.01. The van der Waals surface area contributed by atoms with Gasteiger partial charge in [-0.3, -0.25) is 0 Å². The Bertz CT molecular complexity index is 138. The van der Waals surface area contributed by atoms with E-state index in [0.717, 1.165) is 18.8 Å². The van der Waals surface area contributed by atoms with Gasteiger partial charge < -0.3 is 5.11 Å². The van der Waals surface area contributed by atoms with Gasteiger partial charge in [0.15, 0.2) is 0 Å². The van der Waals surface area contributed by atoms with Crippen LogP contribution in [0.25, 0.3) is 0 Å². The van der Waals surface area contributed by atoms with E-state index < -0.39 is 0 Å². The summed E-state index contributed by atoms with van der Waals surface area (Å²) in [5.74, 6) is 0.983. The third-order valence-corrected chi connectivity index (χ3v) is 3.77. The molecule has 0 aromatic carbocycles. The number of unbranched alkanes of at least 4 members (excludes halogenated alkanes) is 1. The molecule has 1 aliphatic carbocycles. The lowest BCUT2D eigenvalue weighted by Crippen LogP contribution is -2.09. The summed E-state index contributed by atoms with van der Waals surface area (Å²) in [5.41, 5.74) is 0. The summed E-state index contributed by atoms with van der Waals surface area (Å²) in [4.78, 5) is 0. The molecular formula is C14H28O. The number of aliphatic hydroxyl groups is 1. The summed E-state index contributed by atoms with van der Waals surface area (Å²) in [6.45, 7) is 2.19. The van der Waals surface area contributed by atoms with Crippen LogP contribution in [0.2, 0.25) is 0 Å². The minimum absolute atomic E-state index is 0.0199. The molecule has 1 atom stereocenters. The molecule has 1 aliphatic rings. The van der Waals surface area contributed by atoms with Crippen LogP contribution in [0.15, 0.2) is 0 Å². The topological polar surface area (TPSA) is 20.2 Å². The highest BCUT2D eigenvalue weighted by molar-refractivity contribution is 4.66. The van der Waals surface area contributed by atoms with Crippen molar-refractivity contribution in [3.63, 3.8) is 0 Å². The molecule has 0 amide bonds. The van der Waals surface area contributed by atoms with Crippen LogP contribution in [-0.4, -0.2) is 11.2 Å². The van der Waals surface area contributed by atoms with Crippen LogP contribution in [0.5, 0.6) is 0 Å². The Morgan fingerprint density at radius 1 is 1.07 bits per heavy atom. The fourth-order valence-corrected chi connectivity index (χ4v) is 2.70. The molecule has 0 heterocycles. The zero-order chi connectivity index (χ0) is 10.9. The van der Waals surface area contributed by atoms with Gasteiger partial charge in [0, 0.05) is 0 Å². The molecule has 0 aromatic heterocycles. The first-order valence-electron chi connectivity index (χ1n) is 7.01. The third-order valence-electron chi connectivity index (χ3n) is 3.77.